The average Bonchev–Trinajstić information content (AvgIpc) is 2.47. The second-order valence-corrected chi connectivity index (χ2v) is 4.96. The number of halogens is 3. The Labute approximate surface area is 137 Å². The van der Waals surface area contributed by atoms with Gasteiger partial charge in [0.15, 0.2) is 0 Å². The van der Waals surface area contributed by atoms with Crippen molar-refractivity contribution in [2.75, 3.05) is 25.6 Å². The molecule has 0 bridgehead atoms. The first-order valence-electron chi connectivity index (χ1n) is 7.06. The van der Waals surface area contributed by atoms with Crippen molar-refractivity contribution in [2.45, 2.75) is 26.1 Å². The van der Waals surface area contributed by atoms with Crippen LogP contribution in [0.5, 0.6) is 5.75 Å². The summed E-state index contributed by atoms with van der Waals surface area (Å²) in [5, 5.41) is 4.68. The molecule has 0 aliphatic rings. The van der Waals surface area contributed by atoms with Gasteiger partial charge in [-0.05, 0) is 25.1 Å². The SMILES string of the molecule is COCCOc1ccc(C(F)(F)F)cc1NC(=O)C(C)NC(C)=O. The standard InChI is InChI=1S/C15H19F3N2O4/c1-9(19-10(2)21)14(22)20-12-8-11(15(16,17)18)4-5-13(12)24-7-6-23-3/h4-5,8-9H,6-7H2,1-3H3,(H,19,21)(H,20,22). The van der Waals surface area contributed by atoms with Gasteiger partial charge in [0.05, 0.1) is 17.9 Å². The second-order valence-electron chi connectivity index (χ2n) is 4.96. The van der Waals surface area contributed by atoms with Gasteiger partial charge in [0.2, 0.25) is 11.8 Å². The third-order valence-electron chi connectivity index (χ3n) is 2.92. The monoisotopic (exact) mass is 348 g/mol. The molecule has 1 aromatic rings. The molecule has 0 radical (unpaired) electrons. The number of carbonyl (C=O) groups excluding carboxylic acids is 2. The van der Waals surface area contributed by atoms with Crippen molar-refractivity contribution in [1.82, 2.24) is 5.32 Å². The Bertz CT molecular complexity index is 591. The van der Waals surface area contributed by atoms with Gasteiger partial charge in [0.1, 0.15) is 18.4 Å². The zero-order chi connectivity index (χ0) is 18.3. The molecule has 1 unspecified atom stereocenters. The molecule has 134 valence electrons. The predicted octanol–water partition coefficient (Wildman–Crippen LogP) is 2.19. The molecule has 6 nitrogen and oxygen atoms in total. The number of alkyl halides is 3. The van der Waals surface area contributed by atoms with E-state index in [0.29, 0.717) is 0 Å². The average molecular weight is 348 g/mol. The van der Waals surface area contributed by atoms with Gasteiger partial charge in [0.25, 0.3) is 0 Å². The predicted molar refractivity (Wildman–Crippen MR) is 80.7 cm³/mol. The number of methoxy groups -OCH3 is 1. The van der Waals surface area contributed by atoms with E-state index in [2.05, 4.69) is 10.6 Å². The lowest BCUT2D eigenvalue weighted by Gasteiger charge is -2.17. The third kappa shape index (κ3) is 6.07. The third-order valence-corrected chi connectivity index (χ3v) is 2.92. The highest BCUT2D eigenvalue weighted by Crippen LogP contribution is 2.35. The maximum absolute atomic E-state index is 12.8. The molecule has 0 spiro atoms. The number of nitrogens with one attached hydrogen (secondary N) is 2. The van der Waals surface area contributed by atoms with Crippen LogP contribution in [0.2, 0.25) is 0 Å². The summed E-state index contributed by atoms with van der Waals surface area (Å²) >= 11 is 0. The van der Waals surface area contributed by atoms with Gasteiger partial charge in [-0.15, -0.1) is 0 Å². The van der Waals surface area contributed by atoms with Gasteiger partial charge in [-0.1, -0.05) is 0 Å². The van der Waals surface area contributed by atoms with Crippen LogP contribution >= 0.6 is 0 Å². The topological polar surface area (TPSA) is 76.7 Å². The van der Waals surface area contributed by atoms with Crippen molar-refractivity contribution in [3.63, 3.8) is 0 Å². The zero-order valence-corrected chi connectivity index (χ0v) is 13.5. The molecule has 1 rings (SSSR count). The molecule has 0 saturated carbocycles. The van der Waals surface area contributed by atoms with Crippen molar-refractivity contribution >= 4 is 17.5 Å². The molecular formula is C15H19F3N2O4. The maximum atomic E-state index is 12.8. The van der Waals surface area contributed by atoms with E-state index in [1.165, 1.54) is 21.0 Å². The molecule has 0 heterocycles. The normalized spacial score (nSPS) is 12.4. The lowest BCUT2D eigenvalue weighted by molar-refractivity contribution is -0.137. The molecule has 0 saturated heterocycles. The van der Waals surface area contributed by atoms with Crippen LogP contribution in [0.3, 0.4) is 0 Å². The molecule has 2 N–H and O–H groups in total. The van der Waals surface area contributed by atoms with Crippen molar-refractivity contribution in [3.8, 4) is 5.75 Å². The van der Waals surface area contributed by atoms with Gasteiger partial charge in [-0.2, -0.15) is 13.2 Å². The lowest BCUT2D eigenvalue weighted by Crippen LogP contribution is -2.40. The minimum Gasteiger partial charge on any atom is -0.489 e. The number of ether oxygens (including phenoxy) is 2. The molecule has 2 amide bonds. The van der Waals surface area contributed by atoms with Crippen molar-refractivity contribution < 1.29 is 32.2 Å². The number of benzene rings is 1. The quantitative estimate of drug-likeness (QED) is 0.741. The smallest absolute Gasteiger partial charge is 0.416 e. The number of amides is 2. The van der Waals surface area contributed by atoms with Gasteiger partial charge in [-0.25, -0.2) is 0 Å². The largest absolute Gasteiger partial charge is 0.489 e. The summed E-state index contributed by atoms with van der Waals surface area (Å²) in [6.45, 7) is 2.98. The molecule has 0 aliphatic carbocycles. The van der Waals surface area contributed by atoms with Gasteiger partial charge in [0, 0.05) is 14.0 Å². The molecule has 0 fully saturated rings. The Kier molecular flexibility index (Phi) is 7.02. The van der Waals surface area contributed by atoms with E-state index in [-0.39, 0.29) is 24.7 Å². The van der Waals surface area contributed by atoms with Crippen LogP contribution in [-0.2, 0) is 20.5 Å². The van der Waals surface area contributed by atoms with Gasteiger partial charge < -0.3 is 20.1 Å². The summed E-state index contributed by atoms with van der Waals surface area (Å²) in [4.78, 5) is 23.0. The van der Waals surface area contributed by atoms with Crippen molar-refractivity contribution in [2.24, 2.45) is 0 Å². The Morgan fingerprint density at radius 1 is 1.25 bits per heavy atom. The van der Waals surface area contributed by atoms with Crippen LogP contribution in [0.1, 0.15) is 19.4 Å². The Morgan fingerprint density at radius 3 is 2.46 bits per heavy atom. The molecule has 0 aliphatic heterocycles. The first-order chi connectivity index (χ1) is 11.1. The summed E-state index contributed by atoms with van der Waals surface area (Å²) in [6, 6.07) is 1.84. The number of carbonyl (C=O) groups is 2. The molecule has 9 heteroatoms. The van der Waals surface area contributed by atoms with E-state index in [1.807, 2.05) is 0 Å². The number of hydrogen-bond acceptors (Lipinski definition) is 4. The highest BCUT2D eigenvalue weighted by molar-refractivity contribution is 5.97. The summed E-state index contributed by atoms with van der Waals surface area (Å²) < 4.78 is 48.6. The number of rotatable bonds is 7. The first kappa shape index (κ1) is 19.8. The highest BCUT2D eigenvalue weighted by Gasteiger charge is 2.31. The van der Waals surface area contributed by atoms with Crippen LogP contribution in [0.4, 0.5) is 18.9 Å². The first-order valence-corrected chi connectivity index (χ1v) is 7.06. The summed E-state index contributed by atoms with van der Waals surface area (Å²) in [5.74, 6) is -1.03. The van der Waals surface area contributed by atoms with Crippen molar-refractivity contribution in [3.05, 3.63) is 23.8 Å². The summed E-state index contributed by atoms with van der Waals surface area (Å²) in [5.41, 5.74) is -1.06. The maximum Gasteiger partial charge on any atom is 0.416 e. The van der Waals surface area contributed by atoms with Crippen LogP contribution in [0.25, 0.3) is 0 Å². The zero-order valence-electron chi connectivity index (χ0n) is 13.5. The second kappa shape index (κ2) is 8.53. The fourth-order valence-corrected chi connectivity index (χ4v) is 1.78. The van der Waals surface area contributed by atoms with Crippen LogP contribution in [0, 0.1) is 0 Å². The number of anilines is 1. The molecule has 1 aromatic carbocycles. The Balaban J connectivity index is 3.01. The van der Waals surface area contributed by atoms with Crippen LogP contribution in [-0.4, -0.2) is 38.2 Å². The lowest BCUT2D eigenvalue weighted by atomic mass is 10.1. The van der Waals surface area contributed by atoms with Crippen molar-refractivity contribution in [1.29, 1.82) is 0 Å². The van der Waals surface area contributed by atoms with E-state index in [4.69, 9.17) is 9.47 Å². The molecule has 1 atom stereocenters. The minimum absolute atomic E-state index is 0.0726. The van der Waals surface area contributed by atoms with Crippen LogP contribution in [0.15, 0.2) is 18.2 Å². The molecule has 0 aromatic heterocycles. The van der Waals surface area contributed by atoms with E-state index < -0.39 is 29.6 Å². The summed E-state index contributed by atoms with van der Waals surface area (Å²) in [7, 11) is 1.45. The highest BCUT2D eigenvalue weighted by atomic mass is 19.4. The Morgan fingerprint density at radius 2 is 1.92 bits per heavy atom. The fraction of sp³-hybridized carbons (Fsp3) is 0.467. The van der Waals surface area contributed by atoms with E-state index in [9.17, 15) is 22.8 Å². The summed E-state index contributed by atoms with van der Waals surface area (Å²) in [6.07, 6.45) is -4.56. The van der Waals surface area contributed by atoms with Crippen LogP contribution < -0.4 is 15.4 Å². The molecular weight excluding hydrogens is 329 g/mol. The van der Waals surface area contributed by atoms with Gasteiger partial charge >= 0.3 is 6.18 Å². The number of hydrogen-bond donors (Lipinski definition) is 2. The van der Waals surface area contributed by atoms with Gasteiger partial charge in [-0.3, -0.25) is 9.59 Å². The molecule has 24 heavy (non-hydrogen) atoms. The van der Waals surface area contributed by atoms with E-state index in [1.54, 1.807) is 0 Å². The van der Waals surface area contributed by atoms with E-state index >= 15 is 0 Å². The Hall–Kier alpha value is -2.29. The van der Waals surface area contributed by atoms with E-state index in [0.717, 1.165) is 18.2 Å². The minimum atomic E-state index is -4.56. The fourth-order valence-electron chi connectivity index (χ4n) is 1.78.